The molecule has 0 amide bonds. The van der Waals surface area contributed by atoms with Crippen LogP contribution in [0.1, 0.15) is 0 Å². The lowest BCUT2D eigenvalue weighted by Gasteiger charge is -2.07. The van der Waals surface area contributed by atoms with Crippen LogP contribution >= 0.6 is 0 Å². The van der Waals surface area contributed by atoms with E-state index in [1.165, 1.54) is 6.07 Å². The molecule has 0 heterocycles. The first-order valence-corrected chi connectivity index (χ1v) is 5.57. The molecule has 0 aliphatic rings. The smallest absolute Gasteiger partial charge is 0.240 e. The second kappa shape index (κ2) is 4.26. The van der Waals surface area contributed by atoms with Gasteiger partial charge in [-0.1, -0.05) is 18.2 Å². The van der Waals surface area contributed by atoms with E-state index in [1.807, 2.05) is 0 Å². The molecule has 1 aromatic rings. The minimum absolute atomic E-state index is 0.0989. The summed E-state index contributed by atoms with van der Waals surface area (Å²) in [5.74, 6) is 0. The van der Waals surface area contributed by atoms with Crippen LogP contribution in [0.5, 0.6) is 0 Å². The summed E-state index contributed by atoms with van der Waals surface area (Å²) in [6.07, 6.45) is 1.64. The van der Waals surface area contributed by atoms with Gasteiger partial charge < -0.3 is 5.32 Å². The summed E-state index contributed by atoms with van der Waals surface area (Å²) in [4.78, 5) is 0.0989. The third-order valence-electron chi connectivity index (χ3n) is 1.63. The number of nitrogens with one attached hydrogen (secondary N) is 1. The minimum atomic E-state index is -3.66. The van der Waals surface area contributed by atoms with Crippen molar-refractivity contribution in [3.05, 3.63) is 36.9 Å². The summed E-state index contributed by atoms with van der Waals surface area (Å²) in [5, 5.41) is 7.93. The van der Waals surface area contributed by atoms with E-state index in [0.717, 1.165) is 0 Å². The monoisotopic (exact) mass is 212 g/mol. The Bertz CT molecular complexity index is 426. The van der Waals surface area contributed by atoms with Crippen molar-refractivity contribution in [1.29, 1.82) is 0 Å². The molecule has 0 radical (unpaired) electrons. The predicted molar refractivity (Wildman–Crippen MR) is 56.5 cm³/mol. The van der Waals surface area contributed by atoms with E-state index in [4.69, 9.17) is 5.14 Å². The highest BCUT2D eigenvalue weighted by molar-refractivity contribution is 7.89. The third kappa shape index (κ3) is 2.58. The van der Waals surface area contributed by atoms with Gasteiger partial charge in [-0.25, -0.2) is 13.6 Å². The van der Waals surface area contributed by atoms with Gasteiger partial charge in [0, 0.05) is 6.54 Å². The average molecular weight is 212 g/mol. The Kier molecular flexibility index (Phi) is 3.27. The predicted octanol–water partition coefficient (Wildman–Crippen LogP) is 0.932. The van der Waals surface area contributed by atoms with Crippen molar-refractivity contribution < 1.29 is 8.42 Å². The average Bonchev–Trinajstić information content (AvgIpc) is 2.14. The summed E-state index contributed by atoms with van der Waals surface area (Å²) >= 11 is 0. The van der Waals surface area contributed by atoms with Gasteiger partial charge in [-0.2, -0.15) is 0 Å². The maximum absolute atomic E-state index is 11.1. The van der Waals surface area contributed by atoms with Crippen molar-refractivity contribution in [2.24, 2.45) is 5.14 Å². The molecule has 0 unspecified atom stereocenters. The van der Waals surface area contributed by atoms with Gasteiger partial charge in [0.1, 0.15) is 4.90 Å². The van der Waals surface area contributed by atoms with Gasteiger partial charge in [-0.05, 0) is 12.1 Å². The third-order valence-corrected chi connectivity index (χ3v) is 2.60. The first-order valence-electron chi connectivity index (χ1n) is 4.02. The normalized spacial score (nSPS) is 10.9. The lowest BCUT2D eigenvalue weighted by Crippen LogP contribution is -2.14. The van der Waals surface area contributed by atoms with Crippen molar-refractivity contribution in [1.82, 2.24) is 0 Å². The van der Waals surface area contributed by atoms with Gasteiger partial charge in [0.2, 0.25) is 10.0 Å². The van der Waals surface area contributed by atoms with Crippen LogP contribution in [0.25, 0.3) is 0 Å². The maximum atomic E-state index is 11.1. The Labute approximate surface area is 83.5 Å². The highest BCUT2D eigenvalue weighted by Gasteiger charge is 2.11. The van der Waals surface area contributed by atoms with Crippen LogP contribution in [0.3, 0.4) is 0 Å². The quantitative estimate of drug-likeness (QED) is 0.729. The second-order valence-electron chi connectivity index (χ2n) is 2.71. The number of rotatable bonds is 4. The summed E-state index contributed by atoms with van der Waals surface area (Å²) in [6, 6.07) is 6.48. The van der Waals surface area contributed by atoms with Gasteiger partial charge in [0.25, 0.3) is 0 Å². The van der Waals surface area contributed by atoms with E-state index in [-0.39, 0.29) is 4.90 Å². The summed E-state index contributed by atoms with van der Waals surface area (Å²) in [6.45, 7) is 4.02. The molecule has 0 saturated carbocycles. The standard InChI is InChI=1S/C9H12N2O2S/c1-2-7-11-8-5-3-4-6-9(8)14(10,12)13/h2-6,11H,1,7H2,(H2,10,12,13). The Balaban J connectivity index is 3.10. The molecule has 76 valence electrons. The van der Waals surface area contributed by atoms with E-state index in [9.17, 15) is 8.42 Å². The second-order valence-corrected chi connectivity index (χ2v) is 4.24. The molecule has 0 bridgehead atoms. The zero-order chi connectivity index (χ0) is 10.6. The molecule has 4 nitrogen and oxygen atoms in total. The molecule has 0 atom stereocenters. The number of hydrogen-bond donors (Lipinski definition) is 2. The summed E-state index contributed by atoms with van der Waals surface area (Å²) < 4.78 is 22.3. The van der Waals surface area contributed by atoms with E-state index in [0.29, 0.717) is 12.2 Å². The van der Waals surface area contributed by atoms with Crippen LogP contribution in [0, 0.1) is 0 Å². The Hall–Kier alpha value is -1.33. The first kappa shape index (κ1) is 10.7. The fourth-order valence-electron chi connectivity index (χ4n) is 1.04. The number of nitrogens with two attached hydrogens (primary N) is 1. The molecule has 0 saturated heterocycles. The van der Waals surface area contributed by atoms with Crippen molar-refractivity contribution in [2.75, 3.05) is 11.9 Å². The van der Waals surface area contributed by atoms with Crippen LogP contribution in [0.2, 0.25) is 0 Å². The van der Waals surface area contributed by atoms with Crippen molar-refractivity contribution in [3.8, 4) is 0 Å². The lowest BCUT2D eigenvalue weighted by atomic mass is 10.3. The van der Waals surface area contributed by atoms with Crippen molar-refractivity contribution >= 4 is 15.7 Å². The number of para-hydroxylation sites is 1. The molecule has 0 aromatic heterocycles. The Morgan fingerprint density at radius 2 is 2.07 bits per heavy atom. The highest BCUT2D eigenvalue weighted by atomic mass is 32.2. The lowest BCUT2D eigenvalue weighted by molar-refractivity contribution is 0.598. The van der Waals surface area contributed by atoms with Crippen LogP contribution in [-0.4, -0.2) is 15.0 Å². The molecule has 0 fully saturated rings. The van der Waals surface area contributed by atoms with Crippen LogP contribution in [-0.2, 0) is 10.0 Å². The van der Waals surface area contributed by atoms with E-state index >= 15 is 0 Å². The molecule has 5 heteroatoms. The minimum Gasteiger partial charge on any atom is -0.380 e. The molecule has 1 rings (SSSR count). The van der Waals surface area contributed by atoms with Gasteiger partial charge in [-0.3, -0.25) is 0 Å². The van der Waals surface area contributed by atoms with Gasteiger partial charge in [0.15, 0.2) is 0 Å². The molecule has 14 heavy (non-hydrogen) atoms. The topological polar surface area (TPSA) is 72.2 Å². The fraction of sp³-hybridized carbons (Fsp3) is 0.111. The molecule has 1 aromatic carbocycles. The number of sulfonamides is 1. The molecule has 0 aliphatic heterocycles. The summed E-state index contributed by atoms with van der Waals surface area (Å²) in [7, 11) is -3.66. The molecule has 3 N–H and O–H groups in total. The highest BCUT2D eigenvalue weighted by Crippen LogP contribution is 2.18. The zero-order valence-electron chi connectivity index (χ0n) is 7.60. The Morgan fingerprint density at radius 3 is 2.64 bits per heavy atom. The van der Waals surface area contributed by atoms with E-state index in [1.54, 1.807) is 24.3 Å². The maximum Gasteiger partial charge on any atom is 0.240 e. The van der Waals surface area contributed by atoms with Gasteiger partial charge in [-0.15, -0.1) is 6.58 Å². The molecular formula is C9H12N2O2S. The number of hydrogen-bond acceptors (Lipinski definition) is 3. The SMILES string of the molecule is C=CCNc1ccccc1S(N)(=O)=O. The fourth-order valence-corrected chi connectivity index (χ4v) is 1.76. The van der Waals surface area contributed by atoms with E-state index < -0.39 is 10.0 Å². The van der Waals surface area contributed by atoms with Gasteiger partial charge >= 0.3 is 0 Å². The zero-order valence-corrected chi connectivity index (χ0v) is 8.42. The van der Waals surface area contributed by atoms with Crippen molar-refractivity contribution in [2.45, 2.75) is 4.90 Å². The van der Waals surface area contributed by atoms with Crippen LogP contribution in [0.15, 0.2) is 41.8 Å². The van der Waals surface area contributed by atoms with Gasteiger partial charge in [0.05, 0.1) is 5.69 Å². The van der Waals surface area contributed by atoms with Crippen LogP contribution < -0.4 is 10.5 Å². The Morgan fingerprint density at radius 1 is 1.43 bits per heavy atom. The first-order chi connectivity index (χ1) is 6.55. The largest absolute Gasteiger partial charge is 0.380 e. The summed E-state index contributed by atoms with van der Waals surface area (Å²) in [5.41, 5.74) is 0.495. The number of benzene rings is 1. The number of anilines is 1. The van der Waals surface area contributed by atoms with E-state index in [2.05, 4.69) is 11.9 Å². The molecule has 0 spiro atoms. The molecular weight excluding hydrogens is 200 g/mol. The number of primary sulfonamides is 1. The molecule has 0 aliphatic carbocycles. The van der Waals surface area contributed by atoms with Crippen LogP contribution in [0.4, 0.5) is 5.69 Å². The van der Waals surface area contributed by atoms with Crippen molar-refractivity contribution in [3.63, 3.8) is 0 Å².